The van der Waals surface area contributed by atoms with Gasteiger partial charge in [0.15, 0.2) is 12.6 Å². The maximum absolute atomic E-state index is 10.5. The number of halogens is 8. The van der Waals surface area contributed by atoms with Gasteiger partial charge in [-0.15, -0.1) is 12.1 Å². The Morgan fingerprint density at radius 1 is 0.481 bits per heavy atom. The van der Waals surface area contributed by atoms with E-state index in [-0.39, 0.29) is 78.3 Å². The van der Waals surface area contributed by atoms with Crippen molar-refractivity contribution in [1.29, 1.82) is 21.0 Å². The minimum absolute atomic E-state index is 0. The molecule has 27 heteroatoms. The van der Waals surface area contributed by atoms with Crippen LogP contribution in [0.25, 0.3) is 0 Å². The summed E-state index contributed by atoms with van der Waals surface area (Å²) >= 11 is 20.3. The van der Waals surface area contributed by atoms with Crippen molar-refractivity contribution in [2.24, 2.45) is 0 Å². The Kier molecular flexibility index (Phi) is 81.2. The molecule has 0 amide bonds. The van der Waals surface area contributed by atoms with E-state index in [1.54, 1.807) is 73.4 Å². The van der Waals surface area contributed by atoms with Crippen molar-refractivity contribution < 1.29 is 56.9 Å². The molecule has 77 heavy (non-hydrogen) atoms. The number of aldehydes is 2. The predicted octanol–water partition coefficient (Wildman–Crippen LogP) is 13.7. The molecular formula is C50H65Br4I4LiN10O8. The van der Waals surface area contributed by atoms with Crippen LogP contribution in [0.2, 0.25) is 0 Å². The zero-order chi connectivity index (χ0) is 51.9. The smallest absolute Gasteiger partial charge is 0.523 e. The number of hydrogen-bond donors (Lipinski definition) is 0. The van der Waals surface area contributed by atoms with E-state index < -0.39 is 0 Å². The minimum Gasteiger partial charge on any atom is -0.523 e. The molecule has 0 spiro atoms. The molecule has 6 aromatic rings. The number of ether oxygens (including phenoxy) is 6. The number of nitriles is 4. The summed E-state index contributed by atoms with van der Waals surface area (Å²) in [5.74, 6) is 2.16. The van der Waals surface area contributed by atoms with Crippen LogP contribution < -0.4 is 47.3 Å². The molecule has 0 aliphatic rings. The van der Waals surface area contributed by atoms with E-state index in [1.807, 2.05) is 24.3 Å². The molecule has 0 saturated heterocycles. The minimum atomic E-state index is 0. The van der Waals surface area contributed by atoms with Crippen LogP contribution in [-0.4, -0.2) is 85.1 Å². The fourth-order valence-electron chi connectivity index (χ4n) is 3.98. The fraction of sp³-hybridized carbons (Fsp3) is 0.280. The first-order valence-corrected chi connectivity index (χ1v) is 31.1. The van der Waals surface area contributed by atoms with E-state index in [1.165, 1.54) is 48.9 Å². The van der Waals surface area contributed by atoms with Gasteiger partial charge in [-0.3, -0.25) is 14.9 Å². The van der Waals surface area contributed by atoms with Crippen molar-refractivity contribution >= 4 is 155 Å². The molecule has 0 atom stereocenters. The first-order chi connectivity index (χ1) is 32.9. The van der Waals surface area contributed by atoms with Gasteiger partial charge in [0, 0.05) is 113 Å². The molecule has 0 aliphatic carbocycles. The SMILES string of the molecule is BrBr.C.C.C.C.C.C.C.C.COc1ncc[c-]c1C#N.COc1nccc(Br)c1C#N.COc1nccc(Br)c1C=O.COc1nccc(I)c1C#N.COc1nccc(I)c1C=O.COc1ncccc1C#N.II.[Li+]. The van der Waals surface area contributed by atoms with Crippen molar-refractivity contribution in [1.82, 2.24) is 29.9 Å². The van der Waals surface area contributed by atoms with Crippen molar-refractivity contribution in [2.75, 3.05) is 42.7 Å². The Labute approximate surface area is 552 Å². The molecule has 6 rings (SSSR count). The zero-order valence-electron chi connectivity index (χ0n) is 36.9. The van der Waals surface area contributed by atoms with Gasteiger partial charge in [0.05, 0.1) is 53.8 Å². The second-order valence-corrected chi connectivity index (χ2v) is 14.5. The standard InChI is InChI=1S/C7H5BrN2O.C7H6BrNO2.C7H5IN2O.C7H6INO2.C7H6N2O.C7H5N2O.8CH4.Br2.I2.Li/c1-11-7-5(4-9)6(8)2-3-10-7;1-11-7-5(4-10)6(8)2-3-9-7;1-11-7-5(4-9)6(8)2-3-10-7;1-11-7-5(4-10)6(8)2-3-9-7;2*1-10-7-6(5-8)3-2-4-9-7;;;;;;;;;2*1-2;/h2-3H,1H3;2-4H,1H3;2-3H,1H3;2-4H,1H3;2-4H,1H3;2,4H,1H3;8*1H4;;;/q;;;;;-1;;;;;;;;;;;+1. The third kappa shape index (κ3) is 37.1. The van der Waals surface area contributed by atoms with E-state index in [4.69, 9.17) is 49.5 Å². The summed E-state index contributed by atoms with van der Waals surface area (Å²) in [6.07, 6.45) is 10.9. The van der Waals surface area contributed by atoms with Crippen LogP contribution in [-0.2, 0) is 0 Å². The molecule has 0 bridgehead atoms. The van der Waals surface area contributed by atoms with Gasteiger partial charge in [-0.1, -0.05) is 65.6 Å². The molecule has 18 nitrogen and oxygen atoms in total. The van der Waals surface area contributed by atoms with E-state index in [9.17, 15) is 9.59 Å². The van der Waals surface area contributed by atoms with Crippen LogP contribution in [0.5, 0.6) is 35.3 Å². The Hall–Kier alpha value is -3.56. The predicted molar refractivity (Wildman–Crippen MR) is 354 cm³/mol. The van der Waals surface area contributed by atoms with Crippen molar-refractivity contribution in [2.45, 2.75) is 59.4 Å². The average molecular weight is 1770 g/mol. The van der Waals surface area contributed by atoms with Crippen LogP contribution in [0.4, 0.5) is 0 Å². The summed E-state index contributed by atoms with van der Waals surface area (Å²) in [6, 6.07) is 22.4. The van der Waals surface area contributed by atoms with E-state index >= 15 is 0 Å². The number of pyridine rings is 6. The Morgan fingerprint density at radius 2 is 0.857 bits per heavy atom. The van der Waals surface area contributed by atoms with Gasteiger partial charge in [0.1, 0.15) is 40.8 Å². The maximum atomic E-state index is 10.5. The quantitative estimate of drug-likeness (QED) is 0.0593. The first-order valence-electron chi connectivity index (χ1n) is 17.4. The Morgan fingerprint density at radius 3 is 1.19 bits per heavy atom. The molecule has 0 aliphatic heterocycles. The van der Waals surface area contributed by atoms with Crippen LogP contribution in [0, 0.1) is 58.5 Å². The maximum Gasteiger partial charge on any atom is 1.00 e. The van der Waals surface area contributed by atoms with Gasteiger partial charge in [-0.25, -0.2) is 24.9 Å². The average Bonchev–Trinajstić information content (AvgIpc) is 3.40. The van der Waals surface area contributed by atoms with Gasteiger partial charge >= 0.3 is 18.9 Å². The number of hydrogen-bond acceptors (Lipinski definition) is 18. The van der Waals surface area contributed by atoms with Crippen molar-refractivity contribution in [3.63, 3.8) is 0 Å². The van der Waals surface area contributed by atoms with Gasteiger partial charge in [0.25, 0.3) is 0 Å². The number of aromatic nitrogens is 6. The first kappa shape index (κ1) is 98.8. The third-order valence-corrected chi connectivity index (χ3v) is 10.1. The molecule has 6 aromatic heterocycles. The van der Waals surface area contributed by atoms with Crippen LogP contribution in [0.3, 0.4) is 0 Å². The topological polar surface area (TPSA) is 262 Å². The van der Waals surface area contributed by atoms with Crippen LogP contribution in [0.15, 0.2) is 88.6 Å². The molecule has 420 valence electrons. The summed E-state index contributed by atoms with van der Waals surface area (Å²) in [5.41, 5.74) is 2.67. The van der Waals surface area contributed by atoms with E-state index in [0.717, 1.165) is 13.4 Å². The van der Waals surface area contributed by atoms with Gasteiger partial charge in [0.2, 0.25) is 29.4 Å². The number of carbonyl (C=O) groups is 2. The van der Waals surface area contributed by atoms with Gasteiger partial charge in [-0.2, -0.15) is 15.8 Å². The summed E-state index contributed by atoms with van der Waals surface area (Å²) in [7, 11) is 8.90. The summed E-state index contributed by atoms with van der Waals surface area (Å²) in [6.45, 7) is 0. The molecule has 0 unspecified atom stereocenters. The molecule has 0 radical (unpaired) electrons. The normalized spacial score (nSPS) is 7.51. The van der Waals surface area contributed by atoms with E-state index in [0.29, 0.717) is 83.9 Å². The largest absolute Gasteiger partial charge is 1.00 e. The number of methoxy groups -OCH3 is 6. The van der Waals surface area contributed by atoms with Crippen LogP contribution in [0.1, 0.15) is 102 Å². The molecule has 0 N–H and O–H groups in total. The fourth-order valence-corrected chi connectivity index (χ4v) is 5.77. The Bertz CT molecular complexity index is 2470. The summed E-state index contributed by atoms with van der Waals surface area (Å²) < 4.78 is 32.1. The van der Waals surface area contributed by atoms with Crippen molar-refractivity contribution in [3.8, 4) is 59.6 Å². The molecule has 0 saturated carbocycles. The second-order valence-electron chi connectivity index (χ2n) is 10.5. The number of carbonyl (C=O) groups excluding carboxylic acids is 2. The molecule has 6 heterocycles. The molecule has 0 aromatic carbocycles. The monoisotopic (exact) mass is 1760 g/mol. The van der Waals surface area contributed by atoms with Gasteiger partial charge < -0.3 is 33.4 Å². The Balaban J connectivity index is -0.0000000727. The number of nitrogens with zero attached hydrogens (tertiary/aromatic N) is 10. The summed E-state index contributed by atoms with van der Waals surface area (Å²) in [5, 5.41) is 34.2. The molecule has 0 fully saturated rings. The summed E-state index contributed by atoms with van der Waals surface area (Å²) in [4.78, 5) is 44.0. The third-order valence-electron chi connectivity index (χ3n) is 6.86. The second kappa shape index (κ2) is 63.3. The zero-order valence-corrected chi connectivity index (χ0v) is 51.9. The van der Waals surface area contributed by atoms with Gasteiger partial charge in [-0.05, 0) is 125 Å². The number of rotatable bonds is 8. The van der Waals surface area contributed by atoms with E-state index in [2.05, 4.69) is 178 Å². The molecular weight excluding hydrogens is 1700 g/mol. The van der Waals surface area contributed by atoms with Crippen LogP contribution >= 0.6 is 143 Å². The van der Waals surface area contributed by atoms with Crippen molar-refractivity contribution in [3.05, 3.63) is 135 Å².